The van der Waals surface area contributed by atoms with Crippen molar-refractivity contribution in [3.05, 3.63) is 29.6 Å². The second-order valence-corrected chi connectivity index (χ2v) is 5.48. The van der Waals surface area contributed by atoms with E-state index in [0.717, 1.165) is 25.1 Å². The third kappa shape index (κ3) is 2.66. The minimum atomic E-state index is -0.190. The highest BCUT2D eigenvalue weighted by molar-refractivity contribution is 5.32. The Bertz CT molecular complexity index is 411. The van der Waals surface area contributed by atoms with Gasteiger partial charge in [-0.3, -0.25) is 0 Å². The SMILES string of the molecule is Fc1cc(OCC2CCC2)cc(C2CCCN2)c1. The Hall–Kier alpha value is -1.09. The van der Waals surface area contributed by atoms with Crippen molar-refractivity contribution < 1.29 is 9.13 Å². The van der Waals surface area contributed by atoms with Gasteiger partial charge >= 0.3 is 0 Å². The van der Waals surface area contributed by atoms with Crippen molar-refractivity contribution in [2.75, 3.05) is 13.2 Å². The van der Waals surface area contributed by atoms with Crippen molar-refractivity contribution in [3.8, 4) is 5.75 Å². The van der Waals surface area contributed by atoms with Gasteiger partial charge in [0.1, 0.15) is 11.6 Å². The normalized spacial score (nSPS) is 23.9. The van der Waals surface area contributed by atoms with Gasteiger partial charge in [0.05, 0.1) is 6.61 Å². The molecule has 3 rings (SSSR count). The van der Waals surface area contributed by atoms with Crippen molar-refractivity contribution in [2.45, 2.75) is 38.1 Å². The second kappa shape index (κ2) is 5.27. The zero-order valence-corrected chi connectivity index (χ0v) is 10.6. The number of hydrogen-bond acceptors (Lipinski definition) is 2. The molecule has 0 bridgehead atoms. The first-order valence-electron chi connectivity index (χ1n) is 6.98. The predicted molar refractivity (Wildman–Crippen MR) is 69.2 cm³/mol. The Morgan fingerprint density at radius 3 is 2.72 bits per heavy atom. The van der Waals surface area contributed by atoms with Gasteiger partial charge in [-0.25, -0.2) is 4.39 Å². The zero-order chi connectivity index (χ0) is 12.4. The highest BCUT2D eigenvalue weighted by atomic mass is 19.1. The molecule has 3 heteroatoms. The summed E-state index contributed by atoms with van der Waals surface area (Å²) >= 11 is 0. The molecule has 98 valence electrons. The third-order valence-corrected chi connectivity index (χ3v) is 4.07. The van der Waals surface area contributed by atoms with Crippen molar-refractivity contribution >= 4 is 0 Å². The fourth-order valence-electron chi connectivity index (χ4n) is 2.71. The smallest absolute Gasteiger partial charge is 0.127 e. The molecule has 2 fully saturated rings. The number of halogens is 1. The molecule has 0 aromatic heterocycles. The van der Waals surface area contributed by atoms with E-state index < -0.39 is 0 Å². The van der Waals surface area contributed by atoms with Crippen molar-refractivity contribution in [1.82, 2.24) is 5.32 Å². The molecule has 1 saturated carbocycles. The summed E-state index contributed by atoms with van der Waals surface area (Å²) in [7, 11) is 0. The molecule has 2 aliphatic rings. The molecule has 1 saturated heterocycles. The monoisotopic (exact) mass is 249 g/mol. The molecular weight excluding hydrogens is 229 g/mol. The van der Waals surface area contributed by atoms with Crippen LogP contribution in [0.4, 0.5) is 4.39 Å². The number of benzene rings is 1. The van der Waals surface area contributed by atoms with E-state index >= 15 is 0 Å². The summed E-state index contributed by atoms with van der Waals surface area (Å²) in [5.41, 5.74) is 1.02. The summed E-state index contributed by atoms with van der Waals surface area (Å²) < 4.78 is 19.3. The average molecular weight is 249 g/mol. The molecule has 0 spiro atoms. The van der Waals surface area contributed by atoms with Gasteiger partial charge in [0.15, 0.2) is 0 Å². The maximum Gasteiger partial charge on any atom is 0.127 e. The topological polar surface area (TPSA) is 21.3 Å². The van der Waals surface area contributed by atoms with E-state index in [1.807, 2.05) is 6.07 Å². The fraction of sp³-hybridized carbons (Fsp3) is 0.600. The van der Waals surface area contributed by atoms with Crippen LogP contribution in [0.3, 0.4) is 0 Å². The minimum absolute atomic E-state index is 0.190. The van der Waals surface area contributed by atoms with Crippen LogP contribution in [0.25, 0.3) is 0 Å². The molecule has 1 unspecified atom stereocenters. The lowest BCUT2D eigenvalue weighted by atomic mass is 9.86. The van der Waals surface area contributed by atoms with Crippen LogP contribution in [0.15, 0.2) is 18.2 Å². The Balaban J connectivity index is 1.68. The van der Waals surface area contributed by atoms with Crippen LogP contribution < -0.4 is 10.1 Å². The number of rotatable bonds is 4. The van der Waals surface area contributed by atoms with Gasteiger partial charge in [-0.2, -0.15) is 0 Å². The van der Waals surface area contributed by atoms with Crippen molar-refractivity contribution in [1.29, 1.82) is 0 Å². The molecule has 1 atom stereocenters. The third-order valence-electron chi connectivity index (χ3n) is 4.07. The van der Waals surface area contributed by atoms with Gasteiger partial charge < -0.3 is 10.1 Å². The first-order valence-corrected chi connectivity index (χ1v) is 6.98. The summed E-state index contributed by atoms with van der Waals surface area (Å²) in [5.74, 6) is 1.18. The molecule has 1 N–H and O–H groups in total. The first-order chi connectivity index (χ1) is 8.81. The van der Waals surface area contributed by atoms with Gasteiger partial charge in [-0.15, -0.1) is 0 Å². The van der Waals surface area contributed by atoms with Gasteiger partial charge in [0.25, 0.3) is 0 Å². The maximum absolute atomic E-state index is 13.6. The lowest BCUT2D eigenvalue weighted by Gasteiger charge is -2.25. The van der Waals surface area contributed by atoms with Crippen LogP contribution in [0.2, 0.25) is 0 Å². The van der Waals surface area contributed by atoms with Gasteiger partial charge in [-0.1, -0.05) is 6.42 Å². The number of nitrogens with one attached hydrogen (secondary N) is 1. The van der Waals surface area contributed by atoms with E-state index in [4.69, 9.17) is 4.74 Å². The van der Waals surface area contributed by atoms with Crippen LogP contribution in [0, 0.1) is 11.7 Å². The van der Waals surface area contributed by atoms with Gasteiger partial charge in [0, 0.05) is 12.1 Å². The van der Waals surface area contributed by atoms with Crippen LogP contribution >= 0.6 is 0 Å². The molecular formula is C15H20FNO. The van der Waals surface area contributed by atoms with Gasteiger partial charge in [0.2, 0.25) is 0 Å². The summed E-state index contributed by atoms with van der Waals surface area (Å²) in [4.78, 5) is 0. The Kier molecular flexibility index (Phi) is 3.50. The fourth-order valence-corrected chi connectivity index (χ4v) is 2.71. The summed E-state index contributed by atoms with van der Waals surface area (Å²) in [6.45, 7) is 1.76. The predicted octanol–water partition coefficient (Wildman–Crippen LogP) is 3.43. The molecule has 18 heavy (non-hydrogen) atoms. The molecule has 1 aliphatic heterocycles. The largest absolute Gasteiger partial charge is 0.493 e. The van der Waals surface area contributed by atoms with Crippen LogP contribution in [0.5, 0.6) is 5.75 Å². The molecule has 0 radical (unpaired) electrons. The van der Waals surface area contributed by atoms with E-state index in [1.165, 1.54) is 31.7 Å². The highest BCUT2D eigenvalue weighted by Crippen LogP contribution is 2.30. The zero-order valence-electron chi connectivity index (χ0n) is 10.6. The molecule has 1 aromatic carbocycles. The Morgan fingerprint density at radius 1 is 1.17 bits per heavy atom. The standard InChI is InChI=1S/C15H20FNO/c16-13-7-12(15-5-2-6-17-15)8-14(9-13)18-10-11-3-1-4-11/h7-9,11,15,17H,1-6,10H2. The summed E-state index contributed by atoms with van der Waals surface area (Å²) in [6.07, 6.45) is 6.08. The molecule has 1 aliphatic carbocycles. The van der Waals surface area contributed by atoms with Crippen LogP contribution in [-0.4, -0.2) is 13.2 Å². The summed E-state index contributed by atoms with van der Waals surface area (Å²) in [6, 6.07) is 5.41. The molecule has 1 heterocycles. The lowest BCUT2D eigenvalue weighted by molar-refractivity contribution is 0.180. The van der Waals surface area contributed by atoms with E-state index in [9.17, 15) is 4.39 Å². The maximum atomic E-state index is 13.6. The molecule has 0 amide bonds. The van der Waals surface area contributed by atoms with Crippen molar-refractivity contribution in [2.24, 2.45) is 5.92 Å². The van der Waals surface area contributed by atoms with Gasteiger partial charge in [-0.05, 0) is 55.8 Å². The van der Waals surface area contributed by atoms with E-state index in [2.05, 4.69) is 5.32 Å². The highest BCUT2D eigenvalue weighted by Gasteiger charge is 2.20. The lowest BCUT2D eigenvalue weighted by Crippen LogP contribution is -2.19. The van der Waals surface area contributed by atoms with Crippen molar-refractivity contribution in [3.63, 3.8) is 0 Å². The Morgan fingerprint density at radius 2 is 2.06 bits per heavy atom. The Labute approximate surface area is 108 Å². The summed E-state index contributed by atoms with van der Waals surface area (Å²) in [5, 5.41) is 3.39. The average Bonchev–Trinajstić information content (AvgIpc) is 2.79. The number of ether oxygens (including phenoxy) is 1. The first kappa shape index (κ1) is 12.0. The van der Waals surface area contributed by atoms with E-state index in [-0.39, 0.29) is 5.82 Å². The minimum Gasteiger partial charge on any atom is -0.493 e. The quantitative estimate of drug-likeness (QED) is 0.882. The number of hydrogen-bond donors (Lipinski definition) is 1. The van der Waals surface area contributed by atoms with E-state index in [0.29, 0.717) is 17.7 Å². The van der Waals surface area contributed by atoms with E-state index in [1.54, 1.807) is 6.07 Å². The molecule has 1 aromatic rings. The van der Waals surface area contributed by atoms with Crippen LogP contribution in [-0.2, 0) is 0 Å². The molecule has 2 nitrogen and oxygen atoms in total. The van der Waals surface area contributed by atoms with Crippen LogP contribution in [0.1, 0.15) is 43.7 Å². The second-order valence-electron chi connectivity index (χ2n) is 5.48.